The van der Waals surface area contributed by atoms with Gasteiger partial charge in [-0.1, -0.05) is 15.9 Å². The monoisotopic (exact) mass is 311 g/mol. The minimum atomic E-state index is 0.804. The Bertz CT molecular complexity index is 470. The van der Waals surface area contributed by atoms with Crippen LogP contribution in [0.25, 0.3) is 0 Å². The van der Waals surface area contributed by atoms with Gasteiger partial charge in [-0.05, 0) is 40.6 Å². The molecule has 17 heavy (non-hydrogen) atoms. The van der Waals surface area contributed by atoms with E-state index in [1.54, 1.807) is 18.4 Å². The zero-order valence-corrected chi connectivity index (χ0v) is 12.0. The van der Waals surface area contributed by atoms with Crippen molar-refractivity contribution in [2.75, 3.05) is 7.11 Å². The summed E-state index contributed by atoms with van der Waals surface area (Å²) in [6.07, 6.45) is 0. The van der Waals surface area contributed by atoms with E-state index in [9.17, 15) is 0 Å². The van der Waals surface area contributed by atoms with Gasteiger partial charge in [0, 0.05) is 23.1 Å². The van der Waals surface area contributed by atoms with Crippen molar-refractivity contribution >= 4 is 27.3 Å². The van der Waals surface area contributed by atoms with Crippen LogP contribution in [0.4, 0.5) is 0 Å². The first-order valence-electron chi connectivity index (χ1n) is 5.34. The topological polar surface area (TPSA) is 21.3 Å². The van der Waals surface area contributed by atoms with Crippen LogP contribution in [0.3, 0.4) is 0 Å². The number of rotatable bonds is 5. The van der Waals surface area contributed by atoms with Gasteiger partial charge >= 0.3 is 0 Å². The molecule has 0 aliphatic rings. The maximum atomic E-state index is 5.33. The molecule has 2 aromatic rings. The lowest BCUT2D eigenvalue weighted by Crippen LogP contribution is -2.12. The summed E-state index contributed by atoms with van der Waals surface area (Å²) in [4.78, 5) is 0. The van der Waals surface area contributed by atoms with Crippen LogP contribution >= 0.6 is 27.3 Å². The zero-order chi connectivity index (χ0) is 12.1. The maximum absolute atomic E-state index is 5.33. The summed E-state index contributed by atoms with van der Waals surface area (Å²) in [7, 11) is 1.70. The van der Waals surface area contributed by atoms with Crippen LogP contribution in [0.2, 0.25) is 0 Å². The van der Waals surface area contributed by atoms with Crippen LogP contribution in [0.1, 0.15) is 11.1 Å². The zero-order valence-electron chi connectivity index (χ0n) is 9.57. The van der Waals surface area contributed by atoms with Crippen molar-refractivity contribution in [3.05, 3.63) is 50.6 Å². The summed E-state index contributed by atoms with van der Waals surface area (Å²) >= 11 is 5.20. The van der Waals surface area contributed by atoms with Gasteiger partial charge in [0.15, 0.2) is 0 Å². The molecule has 1 aromatic heterocycles. The van der Waals surface area contributed by atoms with Crippen LogP contribution in [-0.4, -0.2) is 7.11 Å². The summed E-state index contributed by atoms with van der Waals surface area (Å²) in [6, 6.07) is 8.18. The molecule has 0 saturated heterocycles. The molecule has 0 bridgehead atoms. The number of hydrogen-bond donors (Lipinski definition) is 1. The second-order valence-corrected chi connectivity index (χ2v) is 5.39. The third-order valence-electron chi connectivity index (χ3n) is 2.47. The van der Waals surface area contributed by atoms with Gasteiger partial charge in [0.25, 0.3) is 0 Å². The molecule has 90 valence electrons. The summed E-state index contributed by atoms with van der Waals surface area (Å²) in [5, 5.41) is 7.66. The molecular formula is C13H14BrNOS. The molecule has 2 rings (SSSR count). The highest BCUT2D eigenvalue weighted by Gasteiger charge is 2.03. The Morgan fingerprint density at radius 2 is 2.18 bits per heavy atom. The Balaban J connectivity index is 1.96. The van der Waals surface area contributed by atoms with Crippen molar-refractivity contribution in [3.63, 3.8) is 0 Å². The fourth-order valence-electron chi connectivity index (χ4n) is 1.62. The average Bonchev–Trinajstić information content (AvgIpc) is 2.82. The van der Waals surface area contributed by atoms with E-state index in [4.69, 9.17) is 4.74 Å². The lowest BCUT2D eigenvalue weighted by atomic mass is 10.2. The Kier molecular flexibility index (Phi) is 4.59. The number of nitrogens with one attached hydrogen (secondary N) is 1. The minimum absolute atomic E-state index is 0.804. The number of methoxy groups -OCH3 is 1. The summed E-state index contributed by atoms with van der Waals surface area (Å²) in [5.74, 6) is 0.922. The SMILES string of the molecule is COc1ccc(Br)cc1CNCc1ccsc1. The molecule has 0 fully saturated rings. The first kappa shape index (κ1) is 12.6. The molecule has 1 heterocycles. The number of halogens is 1. The Morgan fingerprint density at radius 3 is 2.88 bits per heavy atom. The molecule has 0 aliphatic carbocycles. The predicted octanol–water partition coefficient (Wildman–Crippen LogP) is 3.81. The van der Waals surface area contributed by atoms with E-state index in [2.05, 4.69) is 44.1 Å². The van der Waals surface area contributed by atoms with Gasteiger partial charge in [-0.3, -0.25) is 0 Å². The predicted molar refractivity (Wildman–Crippen MR) is 75.6 cm³/mol. The lowest BCUT2D eigenvalue weighted by molar-refractivity contribution is 0.407. The first-order valence-corrected chi connectivity index (χ1v) is 7.07. The van der Waals surface area contributed by atoms with E-state index in [0.717, 1.165) is 28.9 Å². The molecule has 0 amide bonds. The molecule has 1 N–H and O–H groups in total. The van der Waals surface area contributed by atoms with Gasteiger partial charge in [0.2, 0.25) is 0 Å². The van der Waals surface area contributed by atoms with Crippen molar-refractivity contribution in [3.8, 4) is 5.75 Å². The molecule has 2 nitrogen and oxygen atoms in total. The Labute approximate surface area is 114 Å². The average molecular weight is 312 g/mol. The summed E-state index contributed by atoms with van der Waals surface area (Å²) in [5.41, 5.74) is 2.49. The third-order valence-corrected chi connectivity index (χ3v) is 3.69. The van der Waals surface area contributed by atoms with Gasteiger partial charge in [0.05, 0.1) is 7.11 Å². The lowest BCUT2D eigenvalue weighted by Gasteiger charge is -2.09. The smallest absolute Gasteiger partial charge is 0.123 e. The molecule has 4 heteroatoms. The highest BCUT2D eigenvalue weighted by Crippen LogP contribution is 2.22. The van der Waals surface area contributed by atoms with Crippen LogP contribution in [0.15, 0.2) is 39.5 Å². The molecule has 1 aromatic carbocycles. The van der Waals surface area contributed by atoms with E-state index < -0.39 is 0 Å². The van der Waals surface area contributed by atoms with E-state index in [0.29, 0.717) is 0 Å². The van der Waals surface area contributed by atoms with Crippen LogP contribution in [0.5, 0.6) is 5.75 Å². The molecule has 0 atom stereocenters. The van der Waals surface area contributed by atoms with Gasteiger partial charge < -0.3 is 10.1 Å². The molecule has 0 unspecified atom stereocenters. The van der Waals surface area contributed by atoms with Crippen molar-refractivity contribution in [2.24, 2.45) is 0 Å². The van der Waals surface area contributed by atoms with Gasteiger partial charge in [-0.25, -0.2) is 0 Å². The number of ether oxygens (including phenoxy) is 1. The fourth-order valence-corrected chi connectivity index (χ4v) is 2.70. The van der Waals surface area contributed by atoms with Crippen molar-refractivity contribution in [2.45, 2.75) is 13.1 Å². The molecule has 0 spiro atoms. The molecule has 0 saturated carbocycles. The first-order chi connectivity index (χ1) is 8.29. The second-order valence-electron chi connectivity index (χ2n) is 3.69. The third kappa shape index (κ3) is 3.56. The second kappa shape index (κ2) is 6.19. The Morgan fingerprint density at radius 1 is 1.29 bits per heavy atom. The van der Waals surface area contributed by atoms with Crippen LogP contribution in [0, 0.1) is 0 Å². The number of hydrogen-bond acceptors (Lipinski definition) is 3. The van der Waals surface area contributed by atoms with E-state index in [-0.39, 0.29) is 0 Å². The summed E-state index contributed by atoms with van der Waals surface area (Å²) in [6.45, 7) is 1.69. The number of thiophene rings is 1. The van der Waals surface area contributed by atoms with Crippen molar-refractivity contribution in [1.82, 2.24) is 5.32 Å². The normalized spacial score (nSPS) is 10.5. The van der Waals surface area contributed by atoms with Gasteiger partial charge in [-0.15, -0.1) is 0 Å². The minimum Gasteiger partial charge on any atom is -0.496 e. The highest BCUT2D eigenvalue weighted by atomic mass is 79.9. The van der Waals surface area contributed by atoms with Crippen LogP contribution < -0.4 is 10.1 Å². The van der Waals surface area contributed by atoms with Crippen LogP contribution in [-0.2, 0) is 13.1 Å². The van der Waals surface area contributed by atoms with E-state index in [1.165, 1.54) is 5.56 Å². The molecule has 0 aliphatic heterocycles. The molecule has 0 radical (unpaired) electrons. The maximum Gasteiger partial charge on any atom is 0.123 e. The van der Waals surface area contributed by atoms with Crippen molar-refractivity contribution < 1.29 is 4.74 Å². The summed E-state index contributed by atoms with van der Waals surface area (Å²) < 4.78 is 6.40. The molecular weight excluding hydrogens is 298 g/mol. The van der Waals surface area contributed by atoms with Gasteiger partial charge in [0.1, 0.15) is 5.75 Å². The largest absolute Gasteiger partial charge is 0.496 e. The van der Waals surface area contributed by atoms with Crippen molar-refractivity contribution in [1.29, 1.82) is 0 Å². The fraction of sp³-hybridized carbons (Fsp3) is 0.231. The van der Waals surface area contributed by atoms with E-state index in [1.807, 2.05) is 12.1 Å². The quantitative estimate of drug-likeness (QED) is 0.906. The standard InChI is InChI=1S/C13H14BrNOS/c1-16-13-3-2-12(14)6-11(13)8-15-7-10-4-5-17-9-10/h2-6,9,15H,7-8H2,1H3. The van der Waals surface area contributed by atoms with E-state index >= 15 is 0 Å². The number of benzene rings is 1. The van der Waals surface area contributed by atoms with Gasteiger partial charge in [-0.2, -0.15) is 11.3 Å². The highest BCUT2D eigenvalue weighted by molar-refractivity contribution is 9.10. The Hall–Kier alpha value is -0.840.